The number of esters is 1. The van der Waals surface area contributed by atoms with Gasteiger partial charge in [-0.15, -0.1) is 0 Å². The van der Waals surface area contributed by atoms with Crippen LogP contribution in [0.2, 0.25) is 0 Å². The third-order valence-corrected chi connectivity index (χ3v) is 3.08. The van der Waals surface area contributed by atoms with Gasteiger partial charge in [-0.05, 0) is 11.6 Å². The van der Waals surface area contributed by atoms with Crippen molar-refractivity contribution < 1.29 is 9.53 Å². The van der Waals surface area contributed by atoms with Crippen molar-refractivity contribution in [1.29, 1.82) is 0 Å². The summed E-state index contributed by atoms with van der Waals surface area (Å²) in [5, 5.41) is 0. The third kappa shape index (κ3) is 4.74. The molecule has 0 fully saturated rings. The molecule has 0 unspecified atom stereocenters. The Hall–Kier alpha value is -2.61. The van der Waals surface area contributed by atoms with E-state index in [4.69, 9.17) is 4.74 Å². The van der Waals surface area contributed by atoms with Gasteiger partial charge < -0.3 is 4.74 Å². The predicted octanol–water partition coefficient (Wildman–Crippen LogP) is 4.94. The molecule has 0 spiro atoms. The first-order chi connectivity index (χ1) is 10.7. The number of benzene rings is 2. The molecule has 2 rings (SSSR count). The quantitative estimate of drug-likeness (QED) is 0.443. The molecule has 0 atom stereocenters. The Labute approximate surface area is 131 Å². The van der Waals surface area contributed by atoms with Gasteiger partial charge in [-0.25, -0.2) is 0 Å². The highest BCUT2D eigenvalue weighted by Gasteiger charge is 2.12. The predicted molar refractivity (Wildman–Crippen MR) is 90.8 cm³/mol. The van der Waals surface area contributed by atoms with Crippen LogP contribution in [-0.4, -0.2) is 5.97 Å². The SMILES string of the molecule is CC(C)C(=O)O/C(=C/C=C/c1ccccc1)c1ccccc1. The van der Waals surface area contributed by atoms with Crippen LogP contribution >= 0.6 is 0 Å². The Balaban J connectivity index is 2.22. The molecule has 0 saturated heterocycles. The highest BCUT2D eigenvalue weighted by Crippen LogP contribution is 2.18. The molecule has 0 aliphatic rings. The fourth-order valence-electron chi connectivity index (χ4n) is 1.83. The van der Waals surface area contributed by atoms with E-state index >= 15 is 0 Å². The number of carbonyl (C=O) groups excluding carboxylic acids is 1. The zero-order chi connectivity index (χ0) is 15.8. The molecule has 0 aromatic heterocycles. The number of ether oxygens (including phenoxy) is 1. The van der Waals surface area contributed by atoms with Gasteiger partial charge in [-0.3, -0.25) is 4.79 Å². The van der Waals surface area contributed by atoms with Gasteiger partial charge in [0.1, 0.15) is 5.76 Å². The van der Waals surface area contributed by atoms with Gasteiger partial charge in [0.05, 0.1) is 5.92 Å². The van der Waals surface area contributed by atoms with Crippen LogP contribution in [0.1, 0.15) is 25.0 Å². The van der Waals surface area contributed by atoms with E-state index in [-0.39, 0.29) is 11.9 Å². The van der Waals surface area contributed by atoms with E-state index in [1.807, 2.05) is 92.7 Å². The highest BCUT2D eigenvalue weighted by molar-refractivity contribution is 5.80. The Morgan fingerprint density at radius 1 is 0.955 bits per heavy atom. The molecule has 0 aliphatic carbocycles. The fraction of sp³-hybridized carbons (Fsp3) is 0.150. The normalized spacial score (nSPS) is 11.9. The van der Waals surface area contributed by atoms with Gasteiger partial charge >= 0.3 is 5.97 Å². The van der Waals surface area contributed by atoms with Crippen LogP contribution in [0, 0.1) is 5.92 Å². The third-order valence-electron chi connectivity index (χ3n) is 3.08. The van der Waals surface area contributed by atoms with Gasteiger partial charge in [0, 0.05) is 5.56 Å². The van der Waals surface area contributed by atoms with Crippen molar-refractivity contribution >= 4 is 17.8 Å². The minimum atomic E-state index is -0.233. The van der Waals surface area contributed by atoms with Gasteiger partial charge in [0.2, 0.25) is 0 Å². The lowest BCUT2D eigenvalue weighted by atomic mass is 10.1. The van der Waals surface area contributed by atoms with Crippen molar-refractivity contribution in [3.05, 3.63) is 83.9 Å². The molecule has 2 nitrogen and oxygen atoms in total. The summed E-state index contributed by atoms with van der Waals surface area (Å²) in [7, 11) is 0. The molecule has 0 N–H and O–H groups in total. The first-order valence-corrected chi connectivity index (χ1v) is 7.37. The Morgan fingerprint density at radius 2 is 1.55 bits per heavy atom. The van der Waals surface area contributed by atoms with Crippen LogP contribution in [0.15, 0.2) is 72.8 Å². The second kappa shape index (κ2) is 7.99. The summed E-state index contributed by atoms with van der Waals surface area (Å²) in [6, 6.07) is 19.6. The molecule has 0 bridgehead atoms. The van der Waals surface area contributed by atoms with Crippen molar-refractivity contribution in [3.63, 3.8) is 0 Å². The van der Waals surface area contributed by atoms with Crippen LogP contribution in [-0.2, 0) is 9.53 Å². The number of hydrogen-bond donors (Lipinski definition) is 0. The molecule has 2 aromatic rings. The topological polar surface area (TPSA) is 26.3 Å². The monoisotopic (exact) mass is 292 g/mol. The van der Waals surface area contributed by atoms with Crippen LogP contribution in [0.25, 0.3) is 11.8 Å². The maximum Gasteiger partial charge on any atom is 0.313 e. The summed E-state index contributed by atoms with van der Waals surface area (Å²) in [6.45, 7) is 3.65. The highest BCUT2D eigenvalue weighted by atomic mass is 16.5. The number of allylic oxidation sites excluding steroid dienone is 2. The minimum absolute atomic E-state index is 0.162. The van der Waals surface area contributed by atoms with Crippen LogP contribution in [0.5, 0.6) is 0 Å². The molecule has 2 aromatic carbocycles. The smallest absolute Gasteiger partial charge is 0.313 e. The van der Waals surface area contributed by atoms with E-state index in [1.165, 1.54) is 0 Å². The molecule has 0 saturated carbocycles. The number of rotatable bonds is 5. The lowest BCUT2D eigenvalue weighted by Gasteiger charge is -2.10. The molecular weight excluding hydrogens is 272 g/mol. The second-order valence-corrected chi connectivity index (χ2v) is 5.24. The van der Waals surface area contributed by atoms with Crippen LogP contribution < -0.4 is 0 Å². The Bertz CT molecular complexity index is 653. The lowest BCUT2D eigenvalue weighted by molar-refractivity contribution is -0.140. The van der Waals surface area contributed by atoms with Gasteiger partial charge in [-0.2, -0.15) is 0 Å². The number of carbonyl (C=O) groups is 1. The first kappa shape index (κ1) is 15.8. The molecule has 0 aliphatic heterocycles. The van der Waals surface area contributed by atoms with Crippen LogP contribution in [0.4, 0.5) is 0 Å². The van der Waals surface area contributed by atoms with Crippen molar-refractivity contribution in [2.45, 2.75) is 13.8 Å². The molecule has 112 valence electrons. The summed E-state index contributed by atoms with van der Waals surface area (Å²) in [5.74, 6) is 0.167. The lowest BCUT2D eigenvalue weighted by Crippen LogP contribution is -2.10. The first-order valence-electron chi connectivity index (χ1n) is 7.37. The van der Waals surface area contributed by atoms with E-state index in [0.29, 0.717) is 5.76 Å². The Kier molecular flexibility index (Phi) is 5.73. The van der Waals surface area contributed by atoms with Gasteiger partial charge in [0.15, 0.2) is 0 Å². The van der Waals surface area contributed by atoms with E-state index in [0.717, 1.165) is 11.1 Å². The van der Waals surface area contributed by atoms with Gasteiger partial charge in [-0.1, -0.05) is 86.7 Å². The van der Waals surface area contributed by atoms with Crippen molar-refractivity contribution in [1.82, 2.24) is 0 Å². The molecule has 2 heteroatoms. The van der Waals surface area contributed by atoms with E-state index in [1.54, 1.807) is 0 Å². The zero-order valence-corrected chi connectivity index (χ0v) is 12.9. The molecule has 0 radical (unpaired) electrons. The summed E-state index contributed by atoms with van der Waals surface area (Å²) >= 11 is 0. The van der Waals surface area contributed by atoms with Gasteiger partial charge in [0.25, 0.3) is 0 Å². The summed E-state index contributed by atoms with van der Waals surface area (Å²) in [5.41, 5.74) is 1.98. The average Bonchev–Trinajstić information content (AvgIpc) is 2.55. The summed E-state index contributed by atoms with van der Waals surface area (Å²) < 4.78 is 5.51. The maximum absolute atomic E-state index is 11.9. The molecule has 0 heterocycles. The second-order valence-electron chi connectivity index (χ2n) is 5.24. The number of hydrogen-bond acceptors (Lipinski definition) is 2. The molecule has 0 amide bonds. The average molecular weight is 292 g/mol. The summed E-state index contributed by atoms with van der Waals surface area (Å²) in [6.07, 6.45) is 5.69. The van der Waals surface area contributed by atoms with Crippen molar-refractivity contribution in [3.8, 4) is 0 Å². The van der Waals surface area contributed by atoms with E-state index < -0.39 is 0 Å². The largest absolute Gasteiger partial charge is 0.426 e. The minimum Gasteiger partial charge on any atom is -0.426 e. The standard InChI is InChI=1S/C20H20O2/c1-16(2)20(21)22-19(18-13-7-4-8-14-18)15-9-12-17-10-5-3-6-11-17/h3-16H,1-2H3/b12-9+,19-15+. The fourth-order valence-corrected chi connectivity index (χ4v) is 1.83. The van der Waals surface area contributed by atoms with Crippen LogP contribution in [0.3, 0.4) is 0 Å². The van der Waals surface area contributed by atoms with E-state index in [2.05, 4.69) is 0 Å². The Morgan fingerprint density at radius 3 is 2.14 bits per heavy atom. The summed E-state index contributed by atoms with van der Waals surface area (Å²) in [4.78, 5) is 11.9. The van der Waals surface area contributed by atoms with E-state index in [9.17, 15) is 4.79 Å². The molecule has 22 heavy (non-hydrogen) atoms. The van der Waals surface area contributed by atoms with Crippen molar-refractivity contribution in [2.24, 2.45) is 5.92 Å². The van der Waals surface area contributed by atoms with Crippen molar-refractivity contribution in [2.75, 3.05) is 0 Å². The molecular formula is C20H20O2. The zero-order valence-electron chi connectivity index (χ0n) is 12.9. The maximum atomic E-state index is 11.9.